The highest BCUT2D eigenvalue weighted by molar-refractivity contribution is 9.09. The Labute approximate surface area is 129 Å². The summed E-state index contributed by atoms with van der Waals surface area (Å²) in [4.78, 5) is 33.2. The number of hydrogen-bond donors (Lipinski definition) is 1. The van der Waals surface area contributed by atoms with Crippen molar-refractivity contribution in [1.29, 1.82) is 0 Å². The Morgan fingerprint density at radius 3 is 2.48 bits per heavy atom. The number of carbonyl (C=O) groups is 2. The number of carboxylic acids is 1. The van der Waals surface area contributed by atoms with Gasteiger partial charge in [0.2, 0.25) is 10.8 Å². The minimum absolute atomic E-state index is 0.139. The van der Waals surface area contributed by atoms with Crippen LogP contribution in [0.2, 0.25) is 0 Å². The Balaban J connectivity index is 3.01. The monoisotopic (exact) mass is 359 g/mol. The van der Waals surface area contributed by atoms with Gasteiger partial charge in [-0.05, 0) is 48.3 Å². The summed E-state index contributed by atoms with van der Waals surface area (Å²) in [6, 6.07) is 3.99. The summed E-state index contributed by atoms with van der Waals surface area (Å²) in [5.41, 5.74) is -1.23. The summed E-state index contributed by atoms with van der Waals surface area (Å²) in [5.74, 6) is -1.84. The highest BCUT2D eigenvalue weighted by Crippen LogP contribution is 2.29. The summed E-state index contributed by atoms with van der Waals surface area (Å²) in [7, 11) is 0. The predicted octanol–water partition coefficient (Wildman–Crippen LogP) is 2.68. The van der Waals surface area contributed by atoms with E-state index in [1.165, 1.54) is 32.0 Å². The van der Waals surface area contributed by atoms with E-state index < -0.39 is 27.1 Å². The number of ketones is 1. The van der Waals surface area contributed by atoms with Crippen molar-refractivity contribution in [3.05, 3.63) is 33.9 Å². The van der Waals surface area contributed by atoms with Gasteiger partial charge < -0.3 is 9.84 Å². The van der Waals surface area contributed by atoms with Crippen molar-refractivity contribution in [1.82, 2.24) is 0 Å². The topological polar surface area (TPSA) is 107 Å². The molecule has 0 aliphatic rings. The number of nitro groups is 1. The number of alkyl halides is 1. The molecule has 114 valence electrons. The molecule has 1 N–H and O–H groups in total. The van der Waals surface area contributed by atoms with E-state index in [-0.39, 0.29) is 11.4 Å². The third kappa shape index (κ3) is 3.78. The summed E-state index contributed by atoms with van der Waals surface area (Å²) in [5, 5.41) is 18.5. The van der Waals surface area contributed by atoms with Crippen LogP contribution in [0.25, 0.3) is 0 Å². The van der Waals surface area contributed by atoms with E-state index in [1.807, 2.05) is 0 Å². The molecule has 1 unspecified atom stereocenters. The number of non-ortho nitro benzene ring substituents is 1. The van der Waals surface area contributed by atoms with E-state index in [4.69, 9.17) is 9.84 Å². The average molecular weight is 360 g/mol. The largest absolute Gasteiger partial charge is 0.481 e. The third-order valence-electron chi connectivity index (χ3n) is 2.97. The van der Waals surface area contributed by atoms with Crippen molar-refractivity contribution < 1.29 is 24.4 Å². The predicted molar refractivity (Wildman–Crippen MR) is 77.6 cm³/mol. The fourth-order valence-electron chi connectivity index (χ4n) is 1.38. The first-order valence-electron chi connectivity index (χ1n) is 5.91. The molecule has 0 aromatic heterocycles. The van der Waals surface area contributed by atoms with Crippen LogP contribution in [-0.2, 0) is 9.59 Å². The molecule has 0 spiro atoms. The molecule has 21 heavy (non-hydrogen) atoms. The lowest BCUT2D eigenvalue weighted by atomic mass is 9.89. The second-order valence-electron chi connectivity index (χ2n) is 4.94. The van der Waals surface area contributed by atoms with Crippen LogP contribution in [0.15, 0.2) is 18.2 Å². The third-order valence-corrected chi connectivity index (χ3v) is 3.57. The zero-order valence-electron chi connectivity index (χ0n) is 11.6. The summed E-state index contributed by atoms with van der Waals surface area (Å²) in [6.45, 7) is 4.18. The molecule has 0 saturated carbocycles. The number of halogens is 1. The number of ether oxygens (including phenoxy) is 1. The van der Waals surface area contributed by atoms with Gasteiger partial charge >= 0.3 is 5.97 Å². The molecule has 1 aromatic carbocycles. The summed E-state index contributed by atoms with van der Waals surface area (Å²) < 4.78 is 5.33. The molecular formula is C13H14BrNO6. The van der Waals surface area contributed by atoms with Crippen LogP contribution in [0.4, 0.5) is 5.69 Å². The lowest BCUT2D eigenvalue weighted by Crippen LogP contribution is -2.40. The van der Waals surface area contributed by atoms with Crippen LogP contribution in [0.5, 0.6) is 5.75 Å². The Kier molecular flexibility index (Phi) is 5.06. The molecule has 1 rings (SSSR count). The van der Waals surface area contributed by atoms with Gasteiger partial charge in [0, 0.05) is 6.07 Å². The Morgan fingerprint density at radius 2 is 2.00 bits per heavy atom. The molecule has 0 saturated heterocycles. The minimum Gasteiger partial charge on any atom is -0.481 e. The minimum atomic E-state index is -1.64. The van der Waals surface area contributed by atoms with Crippen molar-refractivity contribution in [3.8, 4) is 5.75 Å². The lowest BCUT2D eigenvalue weighted by molar-refractivity contribution is -0.385. The van der Waals surface area contributed by atoms with Gasteiger partial charge in [0.05, 0.1) is 11.0 Å². The average Bonchev–Trinajstić information content (AvgIpc) is 2.39. The number of rotatable bonds is 6. The van der Waals surface area contributed by atoms with E-state index in [0.717, 1.165) is 0 Å². The molecule has 0 radical (unpaired) electrons. The number of aryl methyl sites for hydroxylation is 1. The molecule has 0 aliphatic heterocycles. The Bertz CT molecular complexity index is 598. The SMILES string of the molecule is Cc1ccc([N+](=O)[O-])cc1OC(Br)C(=O)C(C)(C)C(=O)O. The second-order valence-corrected chi connectivity index (χ2v) is 5.77. The van der Waals surface area contributed by atoms with Gasteiger partial charge in [0.15, 0.2) is 0 Å². The molecule has 0 heterocycles. The first kappa shape index (κ1) is 17.1. The molecule has 1 aromatic rings. The molecule has 7 nitrogen and oxygen atoms in total. The van der Waals surface area contributed by atoms with Gasteiger partial charge in [-0.15, -0.1) is 0 Å². The quantitative estimate of drug-likeness (QED) is 0.362. The number of nitro benzene ring substituents is 1. The van der Waals surface area contributed by atoms with Crippen molar-refractivity contribution in [2.45, 2.75) is 25.8 Å². The van der Waals surface area contributed by atoms with Crippen LogP contribution in [0.1, 0.15) is 19.4 Å². The maximum Gasteiger partial charge on any atom is 0.316 e. The highest BCUT2D eigenvalue weighted by Gasteiger charge is 2.40. The first-order valence-corrected chi connectivity index (χ1v) is 6.82. The number of hydrogen-bond acceptors (Lipinski definition) is 5. The second kappa shape index (κ2) is 6.21. The normalized spacial score (nSPS) is 12.6. The smallest absolute Gasteiger partial charge is 0.316 e. The van der Waals surface area contributed by atoms with E-state index in [1.54, 1.807) is 6.92 Å². The van der Waals surface area contributed by atoms with Crippen LogP contribution in [-0.4, -0.2) is 26.8 Å². The molecule has 0 fully saturated rings. The number of carbonyl (C=O) groups excluding carboxylic acids is 1. The van der Waals surface area contributed by atoms with Gasteiger partial charge in [-0.1, -0.05) is 0 Å². The Morgan fingerprint density at radius 1 is 1.43 bits per heavy atom. The zero-order chi connectivity index (χ0) is 16.4. The number of nitrogens with zero attached hydrogens (tertiary/aromatic N) is 1. The molecule has 0 aliphatic carbocycles. The van der Waals surface area contributed by atoms with Gasteiger partial charge in [0.25, 0.3) is 5.69 Å². The highest BCUT2D eigenvalue weighted by atomic mass is 79.9. The first-order chi connectivity index (χ1) is 9.57. The molecule has 1 atom stereocenters. The fraction of sp³-hybridized carbons (Fsp3) is 0.385. The number of Topliss-reactive ketones (excluding diaryl/α,β-unsaturated/α-hetero) is 1. The number of benzene rings is 1. The van der Waals surface area contributed by atoms with Crippen LogP contribution < -0.4 is 4.74 Å². The molecule has 0 amide bonds. The van der Waals surface area contributed by atoms with Gasteiger partial charge in [-0.25, -0.2) is 0 Å². The van der Waals surface area contributed by atoms with E-state index >= 15 is 0 Å². The van der Waals surface area contributed by atoms with Crippen molar-refractivity contribution in [3.63, 3.8) is 0 Å². The Hall–Kier alpha value is -1.96. The molecular weight excluding hydrogens is 346 g/mol. The van der Waals surface area contributed by atoms with Gasteiger partial charge in [-0.3, -0.25) is 19.7 Å². The number of aliphatic carboxylic acids is 1. The fourth-order valence-corrected chi connectivity index (χ4v) is 2.16. The lowest BCUT2D eigenvalue weighted by Gasteiger charge is -2.22. The van der Waals surface area contributed by atoms with Crippen molar-refractivity contribution in [2.75, 3.05) is 0 Å². The van der Waals surface area contributed by atoms with Crippen LogP contribution in [0.3, 0.4) is 0 Å². The van der Waals surface area contributed by atoms with Crippen LogP contribution >= 0.6 is 15.9 Å². The van der Waals surface area contributed by atoms with Crippen LogP contribution in [0, 0.1) is 22.5 Å². The summed E-state index contributed by atoms with van der Waals surface area (Å²) >= 11 is 2.97. The maximum absolute atomic E-state index is 12.1. The summed E-state index contributed by atoms with van der Waals surface area (Å²) in [6.07, 6.45) is 0. The zero-order valence-corrected chi connectivity index (χ0v) is 13.2. The maximum atomic E-state index is 12.1. The van der Waals surface area contributed by atoms with Gasteiger partial charge in [0.1, 0.15) is 11.2 Å². The van der Waals surface area contributed by atoms with Crippen molar-refractivity contribution >= 4 is 33.4 Å². The van der Waals surface area contributed by atoms with E-state index in [9.17, 15) is 19.7 Å². The standard InChI is InChI=1S/C13H14BrNO6/c1-7-4-5-8(15(19)20)6-9(7)21-11(14)10(16)13(2,3)12(17)18/h4-6,11H,1-3H3,(H,17,18). The molecule has 8 heteroatoms. The van der Waals surface area contributed by atoms with E-state index in [0.29, 0.717) is 5.56 Å². The van der Waals surface area contributed by atoms with Gasteiger partial charge in [-0.2, -0.15) is 0 Å². The van der Waals surface area contributed by atoms with Crippen molar-refractivity contribution in [2.24, 2.45) is 5.41 Å². The number of carboxylic acid groups (broad SMARTS) is 1. The molecule has 0 bridgehead atoms. The van der Waals surface area contributed by atoms with E-state index in [2.05, 4.69) is 15.9 Å².